The van der Waals surface area contributed by atoms with Gasteiger partial charge in [0.05, 0.1) is 6.54 Å². The van der Waals surface area contributed by atoms with Gasteiger partial charge in [-0.1, -0.05) is 32.1 Å². The molecule has 1 atom stereocenters. The van der Waals surface area contributed by atoms with Crippen molar-refractivity contribution in [2.45, 2.75) is 83.2 Å². The van der Waals surface area contributed by atoms with Crippen molar-refractivity contribution in [2.75, 3.05) is 13.1 Å². The zero-order chi connectivity index (χ0) is 14.7. The lowest BCUT2D eigenvalue weighted by Crippen LogP contribution is -2.44. The molecule has 3 nitrogen and oxygen atoms in total. The third-order valence-corrected chi connectivity index (χ3v) is 5.77. The number of nitrogens with zero attached hydrogens (tertiary/aromatic N) is 1. The summed E-state index contributed by atoms with van der Waals surface area (Å²) in [6.45, 7) is 3.85. The monoisotopic (exact) mass is 292 g/mol. The van der Waals surface area contributed by atoms with E-state index in [-0.39, 0.29) is 5.91 Å². The van der Waals surface area contributed by atoms with E-state index >= 15 is 0 Å². The topological polar surface area (TPSA) is 32.3 Å². The molecule has 0 aromatic heterocycles. The molecule has 3 saturated carbocycles. The van der Waals surface area contributed by atoms with Gasteiger partial charge in [-0.15, -0.1) is 0 Å². The zero-order valence-electron chi connectivity index (χ0n) is 13.7. The average Bonchev–Trinajstić information content (AvgIpc) is 3.38. The third kappa shape index (κ3) is 4.70. The van der Waals surface area contributed by atoms with E-state index in [1.54, 1.807) is 0 Å². The molecule has 1 amide bonds. The van der Waals surface area contributed by atoms with Crippen LogP contribution in [0.25, 0.3) is 0 Å². The lowest BCUT2D eigenvalue weighted by Gasteiger charge is -2.28. The van der Waals surface area contributed by atoms with Crippen LogP contribution in [0.5, 0.6) is 0 Å². The quantitative estimate of drug-likeness (QED) is 0.744. The molecule has 3 fully saturated rings. The predicted molar refractivity (Wildman–Crippen MR) is 86.1 cm³/mol. The van der Waals surface area contributed by atoms with Crippen LogP contribution in [0.15, 0.2) is 0 Å². The van der Waals surface area contributed by atoms with Gasteiger partial charge in [0.25, 0.3) is 0 Å². The normalized spacial score (nSPS) is 25.0. The van der Waals surface area contributed by atoms with E-state index in [2.05, 4.69) is 17.1 Å². The molecule has 21 heavy (non-hydrogen) atoms. The summed E-state index contributed by atoms with van der Waals surface area (Å²) in [5.74, 6) is 1.98. The molecule has 3 heteroatoms. The van der Waals surface area contributed by atoms with Crippen molar-refractivity contribution in [1.82, 2.24) is 10.2 Å². The van der Waals surface area contributed by atoms with Crippen LogP contribution in [0, 0.1) is 11.8 Å². The van der Waals surface area contributed by atoms with E-state index < -0.39 is 0 Å². The molecular formula is C18H32N2O. The minimum absolute atomic E-state index is 0.255. The van der Waals surface area contributed by atoms with E-state index in [4.69, 9.17) is 0 Å². The van der Waals surface area contributed by atoms with Crippen molar-refractivity contribution < 1.29 is 4.79 Å². The largest absolute Gasteiger partial charge is 0.355 e. The number of nitrogens with one attached hydrogen (secondary N) is 1. The minimum atomic E-state index is 0.255. The number of carbonyl (C=O) groups excluding carboxylic acids is 1. The lowest BCUT2D eigenvalue weighted by atomic mass is 9.87. The number of amides is 1. The number of carbonyl (C=O) groups is 1. The first-order valence-corrected chi connectivity index (χ1v) is 9.26. The van der Waals surface area contributed by atoms with Crippen LogP contribution in [-0.4, -0.2) is 36.0 Å². The third-order valence-electron chi connectivity index (χ3n) is 5.77. The lowest BCUT2D eigenvalue weighted by molar-refractivity contribution is -0.123. The highest BCUT2D eigenvalue weighted by Gasteiger charge is 2.39. The second-order valence-electron chi connectivity index (χ2n) is 7.62. The van der Waals surface area contributed by atoms with Crippen molar-refractivity contribution in [3.05, 3.63) is 0 Å². The maximum atomic E-state index is 12.2. The van der Waals surface area contributed by atoms with Crippen LogP contribution in [0.4, 0.5) is 0 Å². The molecule has 120 valence electrons. The van der Waals surface area contributed by atoms with Gasteiger partial charge in [0, 0.05) is 18.6 Å². The summed E-state index contributed by atoms with van der Waals surface area (Å²) < 4.78 is 0. The summed E-state index contributed by atoms with van der Waals surface area (Å²) in [4.78, 5) is 14.7. The van der Waals surface area contributed by atoms with E-state index in [0.29, 0.717) is 18.6 Å². The van der Waals surface area contributed by atoms with Crippen molar-refractivity contribution in [3.8, 4) is 0 Å². The van der Waals surface area contributed by atoms with E-state index in [0.717, 1.165) is 18.4 Å². The molecule has 0 spiro atoms. The Balaban J connectivity index is 1.35. The molecule has 3 rings (SSSR count). The Morgan fingerprint density at radius 2 is 1.81 bits per heavy atom. The average molecular weight is 292 g/mol. The van der Waals surface area contributed by atoms with Crippen molar-refractivity contribution >= 4 is 5.91 Å². The smallest absolute Gasteiger partial charge is 0.234 e. The molecule has 0 radical (unpaired) electrons. The first-order valence-electron chi connectivity index (χ1n) is 9.26. The van der Waals surface area contributed by atoms with Gasteiger partial charge in [0.15, 0.2) is 0 Å². The molecule has 1 N–H and O–H groups in total. The summed E-state index contributed by atoms with van der Waals surface area (Å²) in [7, 11) is 0. The molecule has 3 aliphatic rings. The Kier molecular flexibility index (Phi) is 5.20. The van der Waals surface area contributed by atoms with Gasteiger partial charge in [-0.05, 0) is 50.9 Å². The van der Waals surface area contributed by atoms with Crippen LogP contribution in [-0.2, 0) is 4.79 Å². The molecular weight excluding hydrogens is 260 g/mol. The fourth-order valence-corrected chi connectivity index (χ4v) is 3.97. The summed E-state index contributed by atoms with van der Waals surface area (Å²) in [6, 6.07) is 1.31. The first-order chi connectivity index (χ1) is 10.2. The standard InChI is InChI=1S/C18H32N2O/c1-14(16-7-8-16)20(17-9-10-17)13-18(21)19-12-11-15-5-3-2-4-6-15/h14-17H,2-13H2,1H3,(H,19,21). The maximum Gasteiger partial charge on any atom is 0.234 e. The molecule has 0 heterocycles. The Hall–Kier alpha value is -0.570. The van der Waals surface area contributed by atoms with Gasteiger partial charge in [-0.3, -0.25) is 9.69 Å². The van der Waals surface area contributed by atoms with Gasteiger partial charge in [-0.2, -0.15) is 0 Å². The van der Waals surface area contributed by atoms with E-state index in [1.165, 1.54) is 64.2 Å². The fourth-order valence-electron chi connectivity index (χ4n) is 3.97. The van der Waals surface area contributed by atoms with Crippen molar-refractivity contribution in [1.29, 1.82) is 0 Å². The predicted octanol–water partition coefficient (Wildman–Crippen LogP) is 3.34. The first kappa shape index (κ1) is 15.3. The molecule has 3 aliphatic carbocycles. The van der Waals surface area contributed by atoms with Crippen LogP contribution in [0.1, 0.15) is 71.1 Å². The molecule has 1 unspecified atom stereocenters. The van der Waals surface area contributed by atoms with Gasteiger partial charge >= 0.3 is 0 Å². The van der Waals surface area contributed by atoms with Gasteiger partial charge in [-0.25, -0.2) is 0 Å². The van der Waals surface area contributed by atoms with Gasteiger partial charge < -0.3 is 5.32 Å². The Labute approximate surface area is 129 Å². The van der Waals surface area contributed by atoms with Gasteiger partial charge in [0.1, 0.15) is 0 Å². The van der Waals surface area contributed by atoms with Crippen LogP contribution >= 0.6 is 0 Å². The highest BCUT2D eigenvalue weighted by atomic mass is 16.2. The van der Waals surface area contributed by atoms with Crippen molar-refractivity contribution in [2.24, 2.45) is 11.8 Å². The number of hydrogen-bond donors (Lipinski definition) is 1. The Bertz CT molecular complexity index is 343. The fraction of sp³-hybridized carbons (Fsp3) is 0.944. The molecule has 0 aromatic rings. The summed E-state index contributed by atoms with van der Waals surface area (Å²) >= 11 is 0. The number of rotatable bonds is 8. The second kappa shape index (κ2) is 7.13. The summed E-state index contributed by atoms with van der Waals surface area (Å²) in [5.41, 5.74) is 0. The van der Waals surface area contributed by atoms with Crippen molar-refractivity contribution in [3.63, 3.8) is 0 Å². The minimum Gasteiger partial charge on any atom is -0.355 e. The highest BCUT2D eigenvalue weighted by Crippen LogP contribution is 2.39. The Morgan fingerprint density at radius 3 is 2.43 bits per heavy atom. The van der Waals surface area contributed by atoms with Crippen LogP contribution in [0.2, 0.25) is 0 Å². The zero-order valence-corrected chi connectivity index (χ0v) is 13.7. The Morgan fingerprint density at radius 1 is 1.10 bits per heavy atom. The second-order valence-corrected chi connectivity index (χ2v) is 7.62. The van der Waals surface area contributed by atoms with Crippen LogP contribution < -0.4 is 5.32 Å². The SMILES string of the molecule is CC(C1CC1)N(CC(=O)NCCC1CCCCC1)C1CC1. The molecule has 0 bridgehead atoms. The summed E-state index contributed by atoms with van der Waals surface area (Å²) in [6.07, 6.45) is 13.5. The number of hydrogen-bond acceptors (Lipinski definition) is 2. The van der Waals surface area contributed by atoms with Crippen LogP contribution in [0.3, 0.4) is 0 Å². The summed E-state index contributed by atoms with van der Waals surface area (Å²) in [5, 5.41) is 3.18. The molecule has 0 saturated heterocycles. The van der Waals surface area contributed by atoms with Gasteiger partial charge in [0.2, 0.25) is 5.91 Å². The van der Waals surface area contributed by atoms with E-state index in [9.17, 15) is 4.79 Å². The van der Waals surface area contributed by atoms with E-state index in [1.807, 2.05) is 0 Å². The maximum absolute atomic E-state index is 12.2. The molecule has 0 aliphatic heterocycles. The molecule has 0 aromatic carbocycles. The highest BCUT2D eigenvalue weighted by molar-refractivity contribution is 5.78.